The number of carbonyl (C=O) groups is 2. The van der Waals surface area contributed by atoms with Crippen LogP contribution in [0.1, 0.15) is 18.9 Å². The Kier molecular flexibility index (Phi) is 4.81. The standard InChI is InChI=1S/C13H12O3/c1-2-16-13(15)10-12(14)9-8-11-6-4-3-5-7-11/h3-7H,2,10H2,1H3. The molecule has 82 valence electrons. The Balaban J connectivity index is 2.52. The Morgan fingerprint density at radius 1 is 1.25 bits per heavy atom. The third kappa shape index (κ3) is 4.43. The lowest BCUT2D eigenvalue weighted by Gasteiger charge is -1.96. The molecule has 0 unspecified atom stereocenters. The average Bonchev–Trinajstić information content (AvgIpc) is 2.28. The Hall–Kier alpha value is -2.08. The topological polar surface area (TPSA) is 43.4 Å². The number of ketones is 1. The van der Waals surface area contributed by atoms with Crippen molar-refractivity contribution in [1.82, 2.24) is 0 Å². The number of ether oxygens (including phenoxy) is 1. The molecular formula is C13H12O3. The van der Waals surface area contributed by atoms with E-state index in [1.807, 2.05) is 18.2 Å². The monoisotopic (exact) mass is 216 g/mol. The van der Waals surface area contributed by atoms with E-state index in [0.29, 0.717) is 0 Å². The Morgan fingerprint density at radius 2 is 1.94 bits per heavy atom. The molecule has 0 aromatic heterocycles. The van der Waals surface area contributed by atoms with Crippen molar-refractivity contribution in [2.75, 3.05) is 6.61 Å². The Bertz CT molecular complexity index is 423. The third-order valence-corrected chi connectivity index (χ3v) is 1.73. The molecular weight excluding hydrogens is 204 g/mol. The van der Waals surface area contributed by atoms with Crippen LogP contribution in [-0.2, 0) is 14.3 Å². The fraction of sp³-hybridized carbons (Fsp3) is 0.231. The van der Waals surface area contributed by atoms with Crippen LogP contribution in [-0.4, -0.2) is 18.4 Å². The van der Waals surface area contributed by atoms with Crippen molar-refractivity contribution >= 4 is 11.8 Å². The molecule has 0 spiro atoms. The summed E-state index contributed by atoms with van der Waals surface area (Å²) in [5.41, 5.74) is 0.750. The van der Waals surface area contributed by atoms with Crippen LogP contribution in [0.15, 0.2) is 30.3 Å². The number of esters is 1. The maximum atomic E-state index is 11.2. The molecule has 0 saturated carbocycles. The van der Waals surface area contributed by atoms with Crippen molar-refractivity contribution in [3.63, 3.8) is 0 Å². The molecule has 1 aromatic carbocycles. The molecule has 0 saturated heterocycles. The molecule has 0 amide bonds. The average molecular weight is 216 g/mol. The first-order chi connectivity index (χ1) is 7.72. The van der Waals surface area contributed by atoms with Crippen molar-refractivity contribution < 1.29 is 14.3 Å². The molecule has 1 rings (SSSR count). The first-order valence-electron chi connectivity index (χ1n) is 4.98. The van der Waals surface area contributed by atoms with Gasteiger partial charge in [-0.05, 0) is 25.0 Å². The molecule has 0 heterocycles. The number of hydrogen-bond donors (Lipinski definition) is 0. The second kappa shape index (κ2) is 6.41. The zero-order chi connectivity index (χ0) is 11.8. The summed E-state index contributed by atoms with van der Waals surface area (Å²) in [7, 11) is 0. The van der Waals surface area contributed by atoms with Crippen LogP contribution >= 0.6 is 0 Å². The normalized spacial score (nSPS) is 8.81. The molecule has 0 aliphatic carbocycles. The van der Waals surface area contributed by atoms with Gasteiger partial charge in [-0.3, -0.25) is 9.59 Å². The highest BCUT2D eigenvalue weighted by Crippen LogP contribution is 1.95. The van der Waals surface area contributed by atoms with Gasteiger partial charge in [0.2, 0.25) is 5.78 Å². The molecule has 0 bridgehead atoms. The minimum Gasteiger partial charge on any atom is -0.466 e. The molecule has 0 radical (unpaired) electrons. The van der Waals surface area contributed by atoms with Gasteiger partial charge in [-0.1, -0.05) is 24.1 Å². The molecule has 0 N–H and O–H groups in total. The van der Waals surface area contributed by atoms with E-state index in [4.69, 9.17) is 0 Å². The van der Waals surface area contributed by atoms with E-state index in [1.165, 1.54) is 0 Å². The van der Waals surface area contributed by atoms with Gasteiger partial charge in [0.05, 0.1) is 6.61 Å². The maximum absolute atomic E-state index is 11.2. The summed E-state index contributed by atoms with van der Waals surface area (Å²) in [5.74, 6) is 4.12. The first kappa shape index (κ1) is 12.0. The highest BCUT2D eigenvalue weighted by molar-refractivity contribution is 6.05. The van der Waals surface area contributed by atoms with Crippen LogP contribution in [0.25, 0.3) is 0 Å². The van der Waals surface area contributed by atoms with Crippen LogP contribution < -0.4 is 0 Å². The van der Waals surface area contributed by atoms with Crippen molar-refractivity contribution in [1.29, 1.82) is 0 Å². The summed E-state index contributed by atoms with van der Waals surface area (Å²) < 4.78 is 4.64. The molecule has 3 heteroatoms. The minimum absolute atomic E-state index is 0.276. The van der Waals surface area contributed by atoms with Crippen molar-refractivity contribution in [3.8, 4) is 11.8 Å². The highest BCUT2D eigenvalue weighted by atomic mass is 16.5. The van der Waals surface area contributed by atoms with Gasteiger partial charge in [0.15, 0.2) is 0 Å². The maximum Gasteiger partial charge on any atom is 0.314 e. The van der Waals surface area contributed by atoms with Crippen LogP contribution in [0, 0.1) is 11.8 Å². The van der Waals surface area contributed by atoms with Gasteiger partial charge in [0, 0.05) is 5.56 Å². The Morgan fingerprint density at radius 3 is 2.56 bits per heavy atom. The lowest BCUT2D eigenvalue weighted by Crippen LogP contribution is -2.09. The van der Waals surface area contributed by atoms with Crippen LogP contribution in [0.4, 0.5) is 0 Å². The SMILES string of the molecule is CCOC(=O)CC(=O)C#Cc1ccccc1. The molecule has 0 atom stereocenters. The van der Waals surface area contributed by atoms with Gasteiger partial charge >= 0.3 is 5.97 Å². The highest BCUT2D eigenvalue weighted by Gasteiger charge is 2.06. The minimum atomic E-state index is -0.533. The molecule has 0 aliphatic rings. The summed E-state index contributed by atoms with van der Waals surface area (Å²) in [6.45, 7) is 1.97. The number of Topliss-reactive ketones (excluding diaryl/α,β-unsaturated/α-hetero) is 1. The van der Waals surface area contributed by atoms with E-state index in [-0.39, 0.29) is 13.0 Å². The largest absolute Gasteiger partial charge is 0.466 e. The fourth-order valence-electron chi connectivity index (χ4n) is 1.05. The lowest BCUT2D eigenvalue weighted by molar-refractivity contribution is -0.144. The van der Waals surface area contributed by atoms with Gasteiger partial charge in [-0.25, -0.2) is 0 Å². The van der Waals surface area contributed by atoms with Crippen molar-refractivity contribution in [3.05, 3.63) is 35.9 Å². The number of benzene rings is 1. The van der Waals surface area contributed by atoms with Crippen LogP contribution in [0.2, 0.25) is 0 Å². The second-order valence-electron chi connectivity index (χ2n) is 3.02. The zero-order valence-corrected chi connectivity index (χ0v) is 9.03. The first-order valence-corrected chi connectivity index (χ1v) is 4.98. The van der Waals surface area contributed by atoms with Crippen molar-refractivity contribution in [2.24, 2.45) is 0 Å². The van der Waals surface area contributed by atoms with Gasteiger partial charge in [0.1, 0.15) is 6.42 Å². The predicted octanol–water partition coefficient (Wildman–Crippen LogP) is 1.56. The van der Waals surface area contributed by atoms with Gasteiger partial charge in [-0.15, -0.1) is 0 Å². The fourth-order valence-corrected chi connectivity index (χ4v) is 1.05. The summed E-state index contributed by atoms with van der Waals surface area (Å²) in [5, 5.41) is 0. The summed E-state index contributed by atoms with van der Waals surface area (Å²) >= 11 is 0. The smallest absolute Gasteiger partial charge is 0.314 e. The molecule has 16 heavy (non-hydrogen) atoms. The van der Waals surface area contributed by atoms with E-state index >= 15 is 0 Å². The number of hydrogen-bond acceptors (Lipinski definition) is 3. The zero-order valence-electron chi connectivity index (χ0n) is 9.03. The van der Waals surface area contributed by atoms with Crippen molar-refractivity contribution in [2.45, 2.75) is 13.3 Å². The van der Waals surface area contributed by atoms with E-state index < -0.39 is 11.8 Å². The molecule has 0 aliphatic heterocycles. The molecule has 3 nitrogen and oxygen atoms in total. The van der Waals surface area contributed by atoms with Gasteiger partial charge in [0.25, 0.3) is 0 Å². The summed E-state index contributed by atoms with van der Waals surface area (Å²) in [6.07, 6.45) is -0.284. The quantitative estimate of drug-likeness (QED) is 0.437. The second-order valence-corrected chi connectivity index (χ2v) is 3.02. The van der Waals surface area contributed by atoms with E-state index in [0.717, 1.165) is 5.56 Å². The Labute approximate surface area is 94.4 Å². The molecule has 1 aromatic rings. The van der Waals surface area contributed by atoms with Crippen LogP contribution in [0.3, 0.4) is 0 Å². The lowest BCUT2D eigenvalue weighted by atomic mass is 10.2. The van der Waals surface area contributed by atoms with E-state index in [9.17, 15) is 9.59 Å². The third-order valence-electron chi connectivity index (χ3n) is 1.73. The van der Waals surface area contributed by atoms with Gasteiger partial charge < -0.3 is 4.74 Å². The summed E-state index contributed by atoms with van der Waals surface area (Å²) in [4.78, 5) is 22.2. The van der Waals surface area contributed by atoms with Crippen LogP contribution in [0.5, 0.6) is 0 Å². The summed E-state index contributed by atoms with van der Waals surface area (Å²) in [6, 6.07) is 9.13. The number of carbonyl (C=O) groups excluding carboxylic acids is 2. The van der Waals surface area contributed by atoms with E-state index in [1.54, 1.807) is 19.1 Å². The van der Waals surface area contributed by atoms with E-state index in [2.05, 4.69) is 16.6 Å². The molecule has 0 fully saturated rings. The number of rotatable bonds is 3. The van der Waals surface area contributed by atoms with Gasteiger partial charge in [-0.2, -0.15) is 0 Å². The predicted molar refractivity (Wildman–Crippen MR) is 59.6 cm³/mol.